The van der Waals surface area contributed by atoms with E-state index in [-0.39, 0.29) is 0 Å². The molecule has 1 aromatic rings. The maximum atomic E-state index is 12.1. The van der Waals surface area contributed by atoms with Crippen LogP contribution in [0, 0.1) is 0 Å². The average Bonchev–Trinajstić information content (AvgIpc) is 2.33. The van der Waals surface area contributed by atoms with Gasteiger partial charge in [-0.25, -0.2) is 0 Å². The first kappa shape index (κ1) is 16.7. The molecule has 0 fully saturated rings. The number of hydrogen-bond donors (Lipinski definition) is 2. The number of halogens is 2. The van der Waals surface area contributed by atoms with Crippen LogP contribution < -0.4 is 10.0 Å². The molecule has 0 spiro atoms. The second-order valence-electron chi connectivity index (χ2n) is 4.01. The van der Waals surface area contributed by atoms with Crippen molar-refractivity contribution < 1.29 is 8.42 Å². The van der Waals surface area contributed by atoms with Crippen LogP contribution in [0.5, 0.6) is 0 Å². The summed E-state index contributed by atoms with van der Waals surface area (Å²) in [5.74, 6) is 0. The van der Waals surface area contributed by atoms with Crippen LogP contribution in [0.2, 0.25) is 5.02 Å². The van der Waals surface area contributed by atoms with Crippen LogP contribution in [0.3, 0.4) is 0 Å². The van der Waals surface area contributed by atoms with E-state index in [1.54, 1.807) is 25.2 Å². The Morgan fingerprint density at radius 1 is 1.42 bits per heavy atom. The summed E-state index contributed by atoms with van der Waals surface area (Å²) in [6.07, 6.45) is 0.746. The van der Waals surface area contributed by atoms with E-state index in [0.29, 0.717) is 21.7 Å². The predicted molar refractivity (Wildman–Crippen MR) is 82.9 cm³/mol. The number of anilines is 1. The molecule has 0 aliphatic rings. The van der Waals surface area contributed by atoms with Crippen LogP contribution in [0.15, 0.2) is 22.7 Å². The van der Waals surface area contributed by atoms with Crippen LogP contribution in [-0.2, 0) is 10.2 Å². The molecular weight excluding hydrogens is 354 g/mol. The van der Waals surface area contributed by atoms with Crippen molar-refractivity contribution in [1.29, 1.82) is 0 Å². The zero-order valence-corrected chi connectivity index (χ0v) is 13.9. The molecule has 0 saturated carbocycles. The van der Waals surface area contributed by atoms with Crippen molar-refractivity contribution in [2.24, 2.45) is 0 Å². The molecule has 0 atom stereocenters. The summed E-state index contributed by atoms with van der Waals surface area (Å²) in [6, 6.07) is 4.89. The van der Waals surface area contributed by atoms with Gasteiger partial charge in [0.2, 0.25) is 0 Å². The molecule has 0 radical (unpaired) electrons. The third-order valence-corrected chi connectivity index (χ3v) is 4.85. The Hall–Kier alpha value is -0.340. The summed E-state index contributed by atoms with van der Waals surface area (Å²) < 4.78 is 28.5. The highest BCUT2D eigenvalue weighted by Gasteiger charge is 2.18. The van der Waals surface area contributed by atoms with Crippen molar-refractivity contribution in [3.63, 3.8) is 0 Å². The van der Waals surface area contributed by atoms with E-state index in [2.05, 4.69) is 26.0 Å². The van der Waals surface area contributed by atoms with Gasteiger partial charge >= 0.3 is 10.2 Å². The minimum Gasteiger partial charge on any atom is -0.320 e. The standard InChI is InChI=1S/C11H17BrClN3O2S/c1-14-6-3-7-16(2)19(17,18)15-11-5-4-9(13)8-10(11)12/h4-5,8,14-15H,3,6-7H2,1-2H3. The van der Waals surface area contributed by atoms with Crippen LogP contribution >= 0.6 is 27.5 Å². The first-order valence-electron chi connectivity index (χ1n) is 5.70. The van der Waals surface area contributed by atoms with Gasteiger partial charge in [-0.3, -0.25) is 4.72 Å². The number of hydrogen-bond acceptors (Lipinski definition) is 3. The molecular formula is C11H17BrClN3O2S. The molecule has 8 heteroatoms. The molecule has 0 heterocycles. The van der Waals surface area contributed by atoms with Gasteiger partial charge in [-0.2, -0.15) is 12.7 Å². The van der Waals surface area contributed by atoms with E-state index < -0.39 is 10.2 Å². The zero-order chi connectivity index (χ0) is 14.5. The second-order valence-corrected chi connectivity index (χ2v) is 7.08. The molecule has 108 valence electrons. The fourth-order valence-corrected chi connectivity index (χ4v) is 3.28. The van der Waals surface area contributed by atoms with Gasteiger partial charge in [0.15, 0.2) is 0 Å². The van der Waals surface area contributed by atoms with Gasteiger partial charge in [0.1, 0.15) is 0 Å². The van der Waals surface area contributed by atoms with Gasteiger partial charge in [-0.15, -0.1) is 0 Å². The van der Waals surface area contributed by atoms with Gasteiger partial charge in [-0.05, 0) is 54.1 Å². The SMILES string of the molecule is CNCCCN(C)S(=O)(=O)Nc1ccc(Cl)cc1Br. The fourth-order valence-electron chi connectivity index (χ4n) is 1.39. The summed E-state index contributed by atoms with van der Waals surface area (Å²) in [5, 5.41) is 3.51. The first-order valence-corrected chi connectivity index (χ1v) is 8.31. The Morgan fingerprint density at radius 3 is 2.68 bits per heavy atom. The summed E-state index contributed by atoms with van der Waals surface area (Å²) >= 11 is 9.08. The van der Waals surface area contributed by atoms with Gasteiger partial charge in [0, 0.05) is 23.1 Å². The third kappa shape index (κ3) is 5.27. The van der Waals surface area contributed by atoms with Crippen LogP contribution in [-0.4, -0.2) is 39.9 Å². The summed E-state index contributed by atoms with van der Waals surface area (Å²) in [4.78, 5) is 0. The minimum atomic E-state index is -3.55. The van der Waals surface area contributed by atoms with Crippen LogP contribution in [0.4, 0.5) is 5.69 Å². The van der Waals surface area contributed by atoms with Gasteiger partial charge in [0.05, 0.1) is 5.69 Å². The molecule has 1 rings (SSSR count). The van der Waals surface area contributed by atoms with Crippen molar-refractivity contribution in [2.45, 2.75) is 6.42 Å². The lowest BCUT2D eigenvalue weighted by Crippen LogP contribution is -2.34. The van der Waals surface area contributed by atoms with E-state index >= 15 is 0 Å². The van der Waals surface area contributed by atoms with Crippen molar-refractivity contribution in [3.05, 3.63) is 27.7 Å². The maximum absolute atomic E-state index is 12.1. The van der Waals surface area contributed by atoms with Crippen molar-refractivity contribution in [1.82, 2.24) is 9.62 Å². The molecule has 0 aromatic heterocycles. The van der Waals surface area contributed by atoms with Crippen molar-refractivity contribution in [2.75, 3.05) is 31.9 Å². The Balaban J connectivity index is 2.73. The molecule has 1 aromatic carbocycles. The highest BCUT2D eigenvalue weighted by Crippen LogP contribution is 2.26. The number of nitrogens with zero attached hydrogens (tertiary/aromatic N) is 1. The van der Waals surface area contributed by atoms with E-state index in [4.69, 9.17) is 11.6 Å². The Morgan fingerprint density at radius 2 is 2.11 bits per heavy atom. The molecule has 5 nitrogen and oxygen atoms in total. The molecule has 2 N–H and O–H groups in total. The summed E-state index contributed by atoms with van der Waals surface area (Å²) in [7, 11) is -0.172. The lowest BCUT2D eigenvalue weighted by atomic mass is 10.3. The average molecular weight is 371 g/mol. The number of benzene rings is 1. The minimum absolute atomic E-state index is 0.446. The van der Waals surface area contributed by atoms with Gasteiger partial charge in [-0.1, -0.05) is 11.6 Å². The highest BCUT2D eigenvalue weighted by molar-refractivity contribution is 9.10. The van der Waals surface area contributed by atoms with E-state index in [0.717, 1.165) is 13.0 Å². The van der Waals surface area contributed by atoms with Crippen molar-refractivity contribution >= 4 is 43.4 Å². The lowest BCUT2D eigenvalue weighted by Gasteiger charge is -2.18. The molecule has 0 bridgehead atoms. The maximum Gasteiger partial charge on any atom is 0.301 e. The summed E-state index contributed by atoms with van der Waals surface area (Å²) in [6.45, 7) is 1.21. The molecule has 19 heavy (non-hydrogen) atoms. The fraction of sp³-hybridized carbons (Fsp3) is 0.455. The van der Waals surface area contributed by atoms with Crippen LogP contribution in [0.25, 0.3) is 0 Å². The van der Waals surface area contributed by atoms with Crippen LogP contribution in [0.1, 0.15) is 6.42 Å². The normalized spacial score (nSPS) is 11.8. The Bertz CT molecular complexity index is 525. The Kier molecular flexibility index (Phi) is 6.55. The van der Waals surface area contributed by atoms with Gasteiger partial charge < -0.3 is 5.32 Å². The second kappa shape index (κ2) is 7.44. The van der Waals surface area contributed by atoms with Gasteiger partial charge in [0.25, 0.3) is 0 Å². The third-order valence-electron chi connectivity index (χ3n) is 2.48. The number of rotatable bonds is 7. The van der Waals surface area contributed by atoms with E-state index in [1.807, 2.05) is 7.05 Å². The molecule has 0 aliphatic heterocycles. The first-order chi connectivity index (χ1) is 8.86. The number of nitrogens with one attached hydrogen (secondary N) is 2. The highest BCUT2D eigenvalue weighted by atomic mass is 79.9. The predicted octanol–water partition coefficient (Wildman–Crippen LogP) is 2.30. The quantitative estimate of drug-likeness (QED) is 0.724. The summed E-state index contributed by atoms with van der Waals surface area (Å²) in [5.41, 5.74) is 0.463. The topological polar surface area (TPSA) is 61.4 Å². The molecule has 0 aliphatic carbocycles. The largest absolute Gasteiger partial charge is 0.320 e. The zero-order valence-electron chi connectivity index (χ0n) is 10.8. The molecule has 0 unspecified atom stereocenters. The molecule has 0 amide bonds. The van der Waals surface area contributed by atoms with Crippen molar-refractivity contribution in [3.8, 4) is 0 Å². The van der Waals surface area contributed by atoms with E-state index in [9.17, 15) is 8.42 Å². The smallest absolute Gasteiger partial charge is 0.301 e. The van der Waals surface area contributed by atoms with E-state index in [1.165, 1.54) is 4.31 Å². The Labute approximate surface area is 127 Å². The molecule has 0 saturated heterocycles. The lowest BCUT2D eigenvalue weighted by molar-refractivity contribution is 0.462. The monoisotopic (exact) mass is 369 g/mol.